The van der Waals surface area contributed by atoms with Crippen LogP contribution in [0.3, 0.4) is 0 Å². The Morgan fingerprint density at radius 3 is 2.39 bits per heavy atom. The Kier molecular flexibility index (Phi) is 5.01. The van der Waals surface area contributed by atoms with Gasteiger partial charge in [-0.15, -0.1) is 24.0 Å². The first kappa shape index (κ1) is 15.3. The maximum atomic E-state index is 5.88. The molecule has 1 aromatic rings. The fraction of sp³-hybridized carbons (Fsp3) is 0.500. The Labute approximate surface area is 126 Å². The van der Waals surface area contributed by atoms with Gasteiger partial charge in [-0.3, -0.25) is 0 Å². The molecule has 0 spiro atoms. The lowest BCUT2D eigenvalue weighted by atomic mass is 10.1. The zero-order valence-corrected chi connectivity index (χ0v) is 13.6. The maximum absolute atomic E-state index is 5.88. The summed E-state index contributed by atoms with van der Waals surface area (Å²) in [6, 6.07) is 8.68. The largest absolute Gasteiger partial charge is 0.370 e. The van der Waals surface area contributed by atoms with Gasteiger partial charge in [-0.2, -0.15) is 0 Å². The van der Waals surface area contributed by atoms with Gasteiger partial charge in [-0.25, -0.2) is 4.99 Å². The van der Waals surface area contributed by atoms with Crippen LogP contribution in [-0.2, 0) is 6.42 Å². The summed E-state index contributed by atoms with van der Waals surface area (Å²) in [5.41, 5.74) is 8.54. The van der Waals surface area contributed by atoms with E-state index in [1.54, 1.807) is 0 Å². The number of anilines is 1. The summed E-state index contributed by atoms with van der Waals surface area (Å²) in [6.45, 7) is 6.57. The summed E-state index contributed by atoms with van der Waals surface area (Å²) in [5.74, 6) is 0.518. The van der Waals surface area contributed by atoms with Gasteiger partial charge in [0.15, 0.2) is 5.96 Å². The number of hydrogen-bond donors (Lipinski definition) is 2. The normalized spacial score (nSPS) is 21.1. The minimum Gasteiger partial charge on any atom is -0.370 e. The molecule has 1 aliphatic carbocycles. The Bertz CT molecular complexity index is 423. The predicted molar refractivity (Wildman–Crippen MR) is 88.7 cm³/mol. The van der Waals surface area contributed by atoms with E-state index >= 15 is 0 Å². The van der Waals surface area contributed by atoms with Crippen molar-refractivity contribution in [3.05, 3.63) is 29.8 Å². The zero-order valence-electron chi connectivity index (χ0n) is 11.2. The number of halogens is 1. The lowest BCUT2D eigenvalue weighted by Gasteiger charge is -2.07. The second-order valence-electron chi connectivity index (χ2n) is 5.40. The number of benzene rings is 1. The van der Waals surface area contributed by atoms with Crippen molar-refractivity contribution < 1.29 is 0 Å². The number of rotatable bonds is 3. The van der Waals surface area contributed by atoms with Crippen molar-refractivity contribution >= 4 is 35.6 Å². The third kappa shape index (κ3) is 3.86. The van der Waals surface area contributed by atoms with Crippen LogP contribution in [0, 0.1) is 5.41 Å². The number of nitrogens with two attached hydrogens (primary N) is 1. The highest BCUT2D eigenvalue weighted by atomic mass is 127. The molecule has 3 N–H and O–H groups in total. The van der Waals surface area contributed by atoms with Crippen molar-refractivity contribution in [2.24, 2.45) is 16.1 Å². The summed E-state index contributed by atoms with van der Waals surface area (Å²) in [7, 11) is 0. The maximum Gasteiger partial charge on any atom is 0.193 e. The van der Waals surface area contributed by atoms with Crippen LogP contribution in [0.5, 0.6) is 0 Å². The smallest absolute Gasteiger partial charge is 0.193 e. The number of aliphatic imine (C=N–C) groups is 1. The molecule has 18 heavy (non-hydrogen) atoms. The van der Waals surface area contributed by atoms with E-state index in [2.05, 4.69) is 43.2 Å². The number of guanidine groups is 1. The van der Waals surface area contributed by atoms with E-state index in [4.69, 9.17) is 5.73 Å². The van der Waals surface area contributed by atoms with Crippen LogP contribution in [0.2, 0.25) is 0 Å². The third-order valence-corrected chi connectivity index (χ3v) is 3.39. The molecule has 1 saturated carbocycles. The molecular weight excluding hydrogens is 337 g/mol. The fourth-order valence-corrected chi connectivity index (χ4v) is 1.83. The second-order valence-corrected chi connectivity index (χ2v) is 5.40. The van der Waals surface area contributed by atoms with Crippen LogP contribution in [0.4, 0.5) is 5.69 Å². The topological polar surface area (TPSA) is 50.4 Å². The molecule has 0 aromatic heterocycles. The molecule has 4 heteroatoms. The summed E-state index contributed by atoms with van der Waals surface area (Å²) >= 11 is 0. The fourth-order valence-electron chi connectivity index (χ4n) is 1.83. The average Bonchev–Trinajstić information content (AvgIpc) is 2.86. The number of nitrogens with zero attached hydrogens (tertiary/aromatic N) is 1. The van der Waals surface area contributed by atoms with E-state index in [0.717, 1.165) is 18.5 Å². The van der Waals surface area contributed by atoms with Crippen molar-refractivity contribution in [3.8, 4) is 0 Å². The second kappa shape index (κ2) is 5.91. The van der Waals surface area contributed by atoms with Crippen LogP contribution in [0.1, 0.15) is 32.8 Å². The Morgan fingerprint density at radius 1 is 1.39 bits per heavy atom. The third-order valence-electron chi connectivity index (χ3n) is 3.39. The van der Waals surface area contributed by atoms with Gasteiger partial charge in [0.2, 0.25) is 0 Å². The van der Waals surface area contributed by atoms with Crippen molar-refractivity contribution in [1.29, 1.82) is 0 Å². The van der Waals surface area contributed by atoms with E-state index in [1.165, 1.54) is 5.56 Å². The van der Waals surface area contributed by atoms with Crippen LogP contribution in [0.15, 0.2) is 29.3 Å². The molecule has 100 valence electrons. The van der Waals surface area contributed by atoms with E-state index < -0.39 is 0 Å². The molecule has 0 radical (unpaired) electrons. The molecule has 2 rings (SSSR count). The Morgan fingerprint density at radius 2 is 1.94 bits per heavy atom. The highest BCUT2D eigenvalue weighted by Gasteiger charge is 2.45. The SMILES string of the molecule is CCc1ccc(NC(N)=NC2CC2(C)C)cc1.I. The molecule has 0 amide bonds. The van der Waals surface area contributed by atoms with Crippen molar-refractivity contribution in [2.45, 2.75) is 39.7 Å². The lowest BCUT2D eigenvalue weighted by Crippen LogP contribution is -2.23. The number of aryl methyl sites for hydroxylation is 1. The minimum atomic E-state index is 0. The monoisotopic (exact) mass is 359 g/mol. The quantitative estimate of drug-likeness (QED) is 0.494. The summed E-state index contributed by atoms with van der Waals surface area (Å²) < 4.78 is 0. The average molecular weight is 359 g/mol. The van der Waals surface area contributed by atoms with Crippen LogP contribution >= 0.6 is 24.0 Å². The summed E-state index contributed by atoms with van der Waals surface area (Å²) in [5, 5.41) is 3.13. The first-order valence-electron chi connectivity index (χ1n) is 6.20. The molecule has 1 aromatic carbocycles. The van der Waals surface area contributed by atoms with Gasteiger partial charge in [0, 0.05) is 5.69 Å². The molecule has 1 fully saturated rings. The molecular formula is C14H22IN3. The Balaban J connectivity index is 0.00000162. The van der Waals surface area contributed by atoms with Gasteiger partial charge in [0.25, 0.3) is 0 Å². The van der Waals surface area contributed by atoms with Gasteiger partial charge in [-0.1, -0.05) is 32.9 Å². The van der Waals surface area contributed by atoms with Crippen molar-refractivity contribution in [2.75, 3.05) is 5.32 Å². The van der Waals surface area contributed by atoms with E-state index in [-0.39, 0.29) is 24.0 Å². The lowest BCUT2D eigenvalue weighted by molar-refractivity contribution is 0.618. The predicted octanol–water partition coefficient (Wildman–Crippen LogP) is 3.39. The van der Waals surface area contributed by atoms with E-state index in [0.29, 0.717) is 17.4 Å². The number of nitrogens with one attached hydrogen (secondary N) is 1. The molecule has 0 saturated heterocycles. The molecule has 0 heterocycles. The van der Waals surface area contributed by atoms with Gasteiger partial charge in [-0.05, 0) is 36.0 Å². The van der Waals surface area contributed by atoms with E-state index in [1.807, 2.05) is 12.1 Å². The van der Waals surface area contributed by atoms with E-state index in [9.17, 15) is 0 Å². The summed E-state index contributed by atoms with van der Waals surface area (Å²) in [4.78, 5) is 4.46. The van der Waals surface area contributed by atoms with Crippen LogP contribution < -0.4 is 11.1 Å². The van der Waals surface area contributed by atoms with Crippen molar-refractivity contribution in [3.63, 3.8) is 0 Å². The van der Waals surface area contributed by atoms with Gasteiger partial charge in [0.05, 0.1) is 6.04 Å². The zero-order chi connectivity index (χ0) is 12.5. The standard InChI is InChI=1S/C14H21N3.HI/c1-4-10-5-7-11(8-6-10)16-13(15)17-12-9-14(12,2)3;/h5-8,12H,4,9H2,1-3H3,(H3,15,16,17);1H. The molecule has 0 bridgehead atoms. The first-order chi connectivity index (χ1) is 8.01. The first-order valence-corrected chi connectivity index (χ1v) is 6.20. The van der Waals surface area contributed by atoms with Crippen molar-refractivity contribution in [1.82, 2.24) is 0 Å². The molecule has 3 nitrogen and oxygen atoms in total. The Hall–Kier alpha value is -0.780. The molecule has 0 aliphatic heterocycles. The highest BCUT2D eigenvalue weighted by Crippen LogP contribution is 2.47. The number of hydrogen-bond acceptors (Lipinski definition) is 1. The van der Waals surface area contributed by atoms with Gasteiger partial charge >= 0.3 is 0 Å². The highest BCUT2D eigenvalue weighted by molar-refractivity contribution is 14.0. The molecule has 1 aliphatic rings. The summed E-state index contributed by atoms with van der Waals surface area (Å²) in [6.07, 6.45) is 2.18. The van der Waals surface area contributed by atoms with Gasteiger partial charge in [0.1, 0.15) is 0 Å². The van der Waals surface area contributed by atoms with Crippen LogP contribution in [-0.4, -0.2) is 12.0 Å². The van der Waals surface area contributed by atoms with Gasteiger partial charge < -0.3 is 11.1 Å². The molecule has 1 atom stereocenters. The van der Waals surface area contributed by atoms with Crippen LogP contribution in [0.25, 0.3) is 0 Å². The minimum absolute atomic E-state index is 0. The molecule has 1 unspecified atom stereocenters.